The molecular formula is C16H19BrN2O2. The van der Waals surface area contributed by atoms with E-state index in [0.29, 0.717) is 23.3 Å². The lowest BCUT2D eigenvalue weighted by Crippen LogP contribution is -2.15. The Morgan fingerprint density at radius 1 is 1.33 bits per heavy atom. The molecule has 0 aliphatic rings. The van der Waals surface area contributed by atoms with Crippen molar-refractivity contribution < 1.29 is 9.84 Å². The highest BCUT2D eigenvalue weighted by molar-refractivity contribution is 9.10. The van der Waals surface area contributed by atoms with Crippen LogP contribution < -0.4 is 10.1 Å². The van der Waals surface area contributed by atoms with Crippen molar-refractivity contribution in [1.82, 2.24) is 10.3 Å². The normalized spacial score (nSPS) is 10.6. The summed E-state index contributed by atoms with van der Waals surface area (Å²) in [6.07, 6.45) is 2.79. The number of aromatic nitrogens is 1. The van der Waals surface area contributed by atoms with Gasteiger partial charge in [0.15, 0.2) is 11.5 Å². The number of hydrogen-bond acceptors (Lipinski definition) is 4. The number of methoxy groups -OCH3 is 1. The first-order valence-corrected chi connectivity index (χ1v) is 7.63. The monoisotopic (exact) mass is 350 g/mol. The summed E-state index contributed by atoms with van der Waals surface area (Å²) in [6, 6.07) is 7.77. The number of halogens is 1. The van der Waals surface area contributed by atoms with Gasteiger partial charge in [0.1, 0.15) is 0 Å². The molecule has 0 atom stereocenters. The molecule has 0 saturated carbocycles. The average Bonchev–Trinajstić information content (AvgIpc) is 2.51. The van der Waals surface area contributed by atoms with Gasteiger partial charge in [0.2, 0.25) is 0 Å². The van der Waals surface area contributed by atoms with E-state index in [-0.39, 0.29) is 5.75 Å². The second kappa shape index (κ2) is 7.43. The third-order valence-electron chi connectivity index (χ3n) is 3.30. The Bertz CT molecular complexity index is 617. The molecule has 4 nitrogen and oxygen atoms in total. The van der Waals surface area contributed by atoms with Crippen LogP contribution in [0.25, 0.3) is 0 Å². The highest BCUT2D eigenvalue weighted by Gasteiger charge is 2.08. The number of hydrogen-bond donors (Lipinski definition) is 2. The van der Waals surface area contributed by atoms with Gasteiger partial charge in [0.25, 0.3) is 0 Å². The first kappa shape index (κ1) is 15.8. The van der Waals surface area contributed by atoms with Crippen LogP contribution in [0.15, 0.2) is 34.9 Å². The van der Waals surface area contributed by atoms with E-state index in [4.69, 9.17) is 4.74 Å². The summed E-state index contributed by atoms with van der Waals surface area (Å²) in [6.45, 7) is 3.52. The molecule has 21 heavy (non-hydrogen) atoms. The number of aryl methyl sites for hydroxylation is 1. The van der Waals surface area contributed by atoms with E-state index in [9.17, 15) is 5.11 Å². The maximum atomic E-state index is 9.79. The third kappa shape index (κ3) is 3.95. The van der Waals surface area contributed by atoms with Gasteiger partial charge in [-0.2, -0.15) is 0 Å². The van der Waals surface area contributed by atoms with Crippen LogP contribution in [0.2, 0.25) is 0 Å². The molecule has 0 unspecified atom stereocenters. The zero-order valence-corrected chi connectivity index (χ0v) is 13.8. The molecule has 2 N–H and O–H groups in total. The van der Waals surface area contributed by atoms with Crippen molar-refractivity contribution in [3.63, 3.8) is 0 Å². The Morgan fingerprint density at radius 2 is 2.14 bits per heavy atom. The van der Waals surface area contributed by atoms with Crippen molar-refractivity contribution in [2.45, 2.75) is 26.4 Å². The predicted octanol–water partition coefficient (Wildman–Crippen LogP) is 3.41. The van der Waals surface area contributed by atoms with Crippen LogP contribution in [-0.4, -0.2) is 17.2 Å². The molecule has 0 aliphatic carbocycles. The number of pyridine rings is 1. The van der Waals surface area contributed by atoms with Crippen LogP contribution in [0.1, 0.15) is 23.7 Å². The molecule has 0 bridgehead atoms. The predicted molar refractivity (Wildman–Crippen MR) is 86.5 cm³/mol. The molecule has 0 aliphatic heterocycles. The van der Waals surface area contributed by atoms with Crippen molar-refractivity contribution in [1.29, 1.82) is 0 Å². The van der Waals surface area contributed by atoms with Crippen molar-refractivity contribution >= 4 is 15.9 Å². The highest BCUT2D eigenvalue weighted by atomic mass is 79.9. The molecule has 1 heterocycles. The number of phenols is 1. The van der Waals surface area contributed by atoms with Gasteiger partial charge < -0.3 is 15.2 Å². The molecule has 5 heteroatoms. The number of phenolic OH excluding ortho intramolecular Hbond substituents is 1. The van der Waals surface area contributed by atoms with E-state index in [1.54, 1.807) is 7.11 Å². The lowest BCUT2D eigenvalue weighted by Gasteiger charge is -2.11. The largest absolute Gasteiger partial charge is 0.503 e. The summed E-state index contributed by atoms with van der Waals surface area (Å²) >= 11 is 3.33. The number of benzene rings is 1. The molecule has 0 radical (unpaired) electrons. The van der Waals surface area contributed by atoms with Gasteiger partial charge in [-0.1, -0.05) is 13.0 Å². The van der Waals surface area contributed by atoms with E-state index >= 15 is 0 Å². The zero-order valence-electron chi connectivity index (χ0n) is 12.2. The summed E-state index contributed by atoms with van der Waals surface area (Å²) in [7, 11) is 1.54. The average molecular weight is 351 g/mol. The quantitative estimate of drug-likeness (QED) is 0.838. The fraction of sp³-hybridized carbons (Fsp3) is 0.312. The summed E-state index contributed by atoms with van der Waals surface area (Å²) in [4.78, 5) is 4.41. The number of nitrogens with zero attached hydrogens (tertiary/aromatic N) is 1. The Labute approximate surface area is 133 Å². The minimum atomic E-state index is 0.124. The van der Waals surface area contributed by atoms with Crippen LogP contribution in [0, 0.1) is 0 Å². The Kier molecular flexibility index (Phi) is 5.59. The summed E-state index contributed by atoms with van der Waals surface area (Å²) in [5.41, 5.74) is 3.37. The number of rotatable bonds is 6. The molecule has 1 aromatic carbocycles. The fourth-order valence-electron chi connectivity index (χ4n) is 2.16. The lowest BCUT2D eigenvalue weighted by atomic mass is 10.1. The van der Waals surface area contributed by atoms with E-state index in [0.717, 1.165) is 17.7 Å². The molecular weight excluding hydrogens is 332 g/mol. The summed E-state index contributed by atoms with van der Waals surface area (Å²) in [5.74, 6) is 0.590. The minimum absolute atomic E-state index is 0.124. The Hall–Kier alpha value is -1.59. The van der Waals surface area contributed by atoms with Crippen LogP contribution in [0.4, 0.5) is 0 Å². The maximum Gasteiger partial charge on any atom is 0.172 e. The van der Waals surface area contributed by atoms with Crippen molar-refractivity contribution in [2.75, 3.05) is 7.11 Å². The Balaban J connectivity index is 2.02. The smallest absolute Gasteiger partial charge is 0.172 e. The SMILES string of the molecule is CCc1cccnc1CNCc1cc(Br)c(O)c(OC)c1. The van der Waals surface area contributed by atoms with E-state index in [2.05, 4.69) is 39.2 Å². The van der Waals surface area contributed by atoms with Gasteiger partial charge in [-0.25, -0.2) is 0 Å². The van der Waals surface area contributed by atoms with Crippen molar-refractivity contribution in [3.8, 4) is 11.5 Å². The summed E-state index contributed by atoms with van der Waals surface area (Å²) < 4.78 is 5.78. The van der Waals surface area contributed by atoms with Gasteiger partial charge in [0, 0.05) is 19.3 Å². The molecule has 2 aromatic rings. The van der Waals surface area contributed by atoms with Crippen LogP contribution in [0.3, 0.4) is 0 Å². The first-order valence-electron chi connectivity index (χ1n) is 6.84. The molecule has 0 spiro atoms. The zero-order chi connectivity index (χ0) is 15.2. The van der Waals surface area contributed by atoms with E-state index < -0.39 is 0 Å². The number of ether oxygens (including phenoxy) is 1. The number of aromatic hydroxyl groups is 1. The van der Waals surface area contributed by atoms with Gasteiger partial charge in [-0.3, -0.25) is 4.98 Å². The molecule has 0 fully saturated rings. The standard InChI is InChI=1S/C16H19BrN2O2/c1-3-12-5-4-6-19-14(12)10-18-9-11-7-13(17)16(20)15(8-11)21-2/h4-8,18,20H,3,9-10H2,1-2H3. The Morgan fingerprint density at radius 3 is 2.86 bits per heavy atom. The minimum Gasteiger partial charge on any atom is -0.503 e. The third-order valence-corrected chi connectivity index (χ3v) is 3.90. The molecule has 0 amide bonds. The second-order valence-electron chi connectivity index (χ2n) is 4.69. The van der Waals surface area contributed by atoms with Crippen LogP contribution >= 0.6 is 15.9 Å². The van der Waals surface area contributed by atoms with Crippen LogP contribution in [0.5, 0.6) is 11.5 Å². The van der Waals surface area contributed by atoms with Gasteiger partial charge in [-0.15, -0.1) is 0 Å². The topological polar surface area (TPSA) is 54.4 Å². The molecule has 112 valence electrons. The first-order chi connectivity index (χ1) is 10.2. The molecule has 2 rings (SSSR count). The van der Waals surface area contributed by atoms with Crippen molar-refractivity contribution in [2.24, 2.45) is 0 Å². The number of nitrogens with one attached hydrogen (secondary N) is 1. The van der Waals surface area contributed by atoms with Gasteiger partial charge in [0.05, 0.1) is 17.3 Å². The van der Waals surface area contributed by atoms with Gasteiger partial charge in [-0.05, 0) is 51.7 Å². The fourth-order valence-corrected chi connectivity index (χ4v) is 2.65. The van der Waals surface area contributed by atoms with Crippen LogP contribution in [-0.2, 0) is 19.5 Å². The second-order valence-corrected chi connectivity index (χ2v) is 5.55. The highest BCUT2D eigenvalue weighted by Crippen LogP contribution is 2.35. The van der Waals surface area contributed by atoms with E-state index in [1.807, 2.05) is 24.4 Å². The molecule has 0 saturated heterocycles. The maximum absolute atomic E-state index is 9.79. The van der Waals surface area contributed by atoms with Crippen molar-refractivity contribution in [3.05, 3.63) is 51.8 Å². The molecule has 1 aromatic heterocycles. The lowest BCUT2D eigenvalue weighted by molar-refractivity contribution is 0.371. The summed E-state index contributed by atoms with van der Waals surface area (Å²) in [5, 5.41) is 13.2. The van der Waals surface area contributed by atoms with Gasteiger partial charge >= 0.3 is 0 Å². The van der Waals surface area contributed by atoms with E-state index in [1.165, 1.54) is 5.56 Å².